The van der Waals surface area contributed by atoms with Crippen molar-refractivity contribution >= 4 is 41.0 Å². The van der Waals surface area contributed by atoms with Crippen LogP contribution in [0.5, 0.6) is 17.2 Å². The standard InChI is InChI=1S/C37H36Cl2FN3O8/c1-49-33-8-4-23(14-34(33)50-2)26(16-28-29(38)18-42(48)19-30(28)39)27-13-21(3-6-25(27)36(45)46)17-43(32-15-24(44)5-7-31(32)40)37(47)51-35-20-41-11-9-22(35)10-12-41/h3-8,13-15,18-19,22,26,35H,9-12,16-17,20H2,1-2H3,(H2-,44,45,46,48)/t26-,35-/m0/s1. The van der Waals surface area contributed by atoms with E-state index in [0.29, 0.717) is 34.7 Å². The van der Waals surface area contributed by atoms with Crippen LogP contribution < -0.4 is 24.2 Å². The number of benzene rings is 3. The van der Waals surface area contributed by atoms with Gasteiger partial charge in [-0.15, -0.1) is 0 Å². The first kappa shape index (κ1) is 36.0. The van der Waals surface area contributed by atoms with Gasteiger partial charge in [0, 0.05) is 34.4 Å². The number of anilines is 1. The van der Waals surface area contributed by atoms with Crippen LogP contribution in [0.15, 0.2) is 67.0 Å². The van der Waals surface area contributed by atoms with Gasteiger partial charge in [-0.3, -0.25) is 15.0 Å². The summed E-state index contributed by atoms with van der Waals surface area (Å²) in [6.45, 7) is 2.19. The molecule has 0 saturated carbocycles. The molecule has 4 heterocycles. The van der Waals surface area contributed by atoms with E-state index in [9.17, 15) is 25.0 Å². The van der Waals surface area contributed by atoms with E-state index in [-0.39, 0.29) is 57.6 Å². The largest absolute Gasteiger partial charge is 0.545 e. The molecule has 3 aliphatic heterocycles. The summed E-state index contributed by atoms with van der Waals surface area (Å²) in [5, 5.41) is 33.2. The number of amides is 1. The van der Waals surface area contributed by atoms with Crippen molar-refractivity contribution in [1.82, 2.24) is 4.90 Å². The van der Waals surface area contributed by atoms with Crippen LogP contribution in [0.3, 0.4) is 0 Å². The lowest BCUT2D eigenvalue weighted by atomic mass is 9.82. The van der Waals surface area contributed by atoms with Crippen molar-refractivity contribution < 1.29 is 48.3 Å². The van der Waals surface area contributed by atoms with Gasteiger partial charge in [0.1, 0.15) is 27.7 Å². The molecule has 1 aromatic heterocycles. The highest BCUT2D eigenvalue weighted by molar-refractivity contribution is 6.35. The maximum absolute atomic E-state index is 15.4. The summed E-state index contributed by atoms with van der Waals surface area (Å²) in [4.78, 5) is 29.9. The minimum absolute atomic E-state index is 0.0598. The zero-order valence-electron chi connectivity index (χ0n) is 27.9. The molecule has 4 aromatic rings. The third-order valence-electron chi connectivity index (χ3n) is 9.63. The smallest absolute Gasteiger partial charge is 0.415 e. The van der Waals surface area contributed by atoms with Crippen molar-refractivity contribution in [3.05, 3.63) is 111 Å². The fraction of sp³-hybridized carbons (Fsp3) is 0.324. The summed E-state index contributed by atoms with van der Waals surface area (Å²) in [5.41, 5.74) is 1.36. The molecule has 0 unspecified atom stereocenters. The summed E-state index contributed by atoms with van der Waals surface area (Å²) in [7, 11) is 2.96. The molecular weight excluding hydrogens is 704 g/mol. The number of carbonyl (C=O) groups excluding carboxylic acids is 2. The molecule has 0 spiro atoms. The number of phenolic OH excluding ortho intramolecular Hbond substituents is 1. The van der Waals surface area contributed by atoms with E-state index in [0.717, 1.165) is 47.7 Å². The number of hydrogen-bond acceptors (Lipinski definition) is 9. The number of methoxy groups -OCH3 is 2. The number of piperidine rings is 3. The van der Waals surface area contributed by atoms with E-state index in [1.54, 1.807) is 24.3 Å². The highest BCUT2D eigenvalue weighted by Gasteiger charge is 2.38. The van der Waals surface area contributed by atoms with Crippen LogP contribution in [0.25, 0.3) is 0 Å². The predicted octanol–water partition coefficient (Wildman–Crippen LogP) is 5.36. The predicted molar refractivity (Wildman–Crippen MR) is 183 cm³/mol. The fourth-order valence-corrected chi connectivity index (χ4v) is 7.58. The average Bonchev–Trinajstić information content (AvgIpc) is 3.11. The molecule has 3 aliphatic rings. The Hall–Kier alpha value is -4.78. The first-order chi connectivity index (χ1) is 24.4. The molecule has 7 rings (SSSR count). The Morgan fingerprint density at radius 3 is 2.35 bits per heavy atom. The third kappa shape index (κ3) is 7.78. The van der Waals surface area contributed by atoms with Crippen LogP contribution in [0, 0.1) is 11.7 Å². The quantitative estimate of drug-likeness (QED) is 0.154. The van der Waals surface area contributed by atoms with Gasteiger partial charge < -0.3 is 29.2 Å². The molecule has 268 valence electrons. The number of aromatic carboxylic acids is 1. The monoisotopic (exact) mass is 739 g/mol. The Morgan fingerprint density at radius 2 is 1.73 bits per heavy atom. The number of phenols is 1. The van der Waals surface area contributed by atoms with Crippen molar-refractivity contribution in [2.75, 3.05) is 38.8 Å². The van der Waals surface area contributed by atoms with E-state index < -0.39 is 23.8 Å². The average molecular weight is 741 g/mol. The number of rotatable bonds is 11. The Kier molecular flexibility index (Phi) is 10.8. The molecule has 2 bridgehead atoms. The van der Waals surface area contributed by atoms with Crippen LogP contribution in [0.2, 0.25) is 10.0 Å². The Bertz CT molecular complexity index is 1930. The van der Waals surface area contributed by atoms with Crippen molar-refractivity contribution in [3.8, 4) is 17.2 Å². The molecule has 2 atom stereocenters. The number of pyridine rings is 1. The lowest BCUT2D eigenvalue weighted by Crippen LogP contribution is -2.53. The van der Waals surface area contributed by atoms with Gasteiger partial charge in [0.15, 0.2) is 11.5 Å². The number of ether oxygens (including phenoxy) is 3. The van der Waals surface area contributed by atoms with Gasteiger partial charge in [0.05, 0.1) is 32.4 Å². The van der Waals surface area contributed by atoms with Crippen LogP contribution in [0.4, 0.5) is 14.9 Å². The van der Waals surface area contributed by atoms with E-state index in [1.807, 2.05) is 0 Å². The number of aromatic hydroxyl groups is 1. The molecule has 2 N–H and O–H groups in total. The maximum Gasteiger partial charge on any atom is 0.415 e. The number of carboxylic acid groups (broad SMARTS) is 1. The van der Waals surface area contributed by atoms with Crippen LogP contribution in [-0.4, -0.2) is 67.2 Å². The molecule has 3 fully saturated rings. The number of hydrogen-bond donors (Lipinski definition) is 2. The van der Waals surface area contributed by atoms with Gasteiger partial charge in [0.2, 0.25) is 12.4 Å². The first-order valence-electron chi connectivity index (χ1n) is 16.3. The molecule has 1 amide bonds. The number of nitrogens with zero attached hydrogens (tertiary/aromatic N) is 3. The van der Waals surface area contributed by atoms with Crippen LogP contribution >= 0.6 is 23.2 Å². The minimum Gasteiger partial charge on any atom is -0.545 e. The molecule has 51 heavy (non-hydrogen) atoms. The Balaban J connectivity index is 1.44. The van der Waals surface area contributed by atoms with Crippen molar-refractivity contribution in [3.63, 3.8) is 0 Å². The highest BCUT2D eigenvalue weighted by atomic mass is 35.5. The fourth-order valence-electron chi connectivity index (χ4n) is 6.98. The maximum atomic E-state index is 15.4. The number of carboxylic acids is 1. The van der Waals surface area contributed by atoms with Gasteiger partial charge in [-0.2, -0.15) is 0 Å². The summed E-state index contributed by atoms with van der Waals surface area (Å²) < 4.78 is 33.1. The molecule has 0 radical (unpaired) electrons. The molecule has 3 aromatic carbocycles. The zero-order chi connectivity index (χ0) is 36.4. The summed E-state index contributed by atoms with van der Waals surface area (Å²) >= 11 is 13.1. The Labute approximate surface area is 303 Å². The van der Waals surface area contributed by atoms with Crippen molar-refractivity contribution in [2.45, 2.75) is 37.8 Å². The van der Waals surface area contributed by atoms with Gasteiger partial charge in [-0.25, -0.2) is 9.18 Å². The molecule has 11 nitrogen and oxygen atoms in total. The molecule has 0 aliphatic carbocycles. The molecular formula is C37H36Cl2FN3O8. The molecule has 14 heteroatoms. The SMILES string of the molecule is COc1ccc([C@H](Cc2c(Cl)c[n+](O)cc2Cl)c2cc(CN(C(=O)O[C@H]3CN4CCC3CC4)c3cc(O)ccc3F)ccc2C(=O)[O-])cc1OC. The van der Waals surface area contributed by atoms with Crippen LogP contribution in [0.1, 0.15) is 51.4 Å². The summed E-state index contributed by atoms with van der Waals surface area (Å²) in [6.07, 6.45) is 3.16. The number of carbonyl (C=O) groups is 2. The van der Waals surface area contributed by atoms with E-state index >= 15 is 4.39 Å². The summed E-state index contributed by atoms with van der Waals surface area (Å²) in [6, 6.07) is 13.0. The topological polar surface area (TPSA) is 136 Å². The number of aromatic nitrogens is 1. The van der Waals surface area contributed by atoms with E-state index in [1.165, 1.54) is 44.8 Å². The van der Waals surface area contributed by atoms with Crippen molar-refractivity contribution in [2.24, 2.45) is 5.92 Å². The van der Waals surface area contributed by atoms with E-state index in [2.05, 4.69) is 4.90 Å². The second kappa shape index (κ2) is 15.2. The highest BCUT2D eigenvalue weighted by Crippen LogP contribution is 2.40. The Morgan fingerprint density at radius 1 is 1.02 bits per heavy atom. The number of fused-ring (bicyclic) bond motifs is 3. The van der Waals surface area contributed by atoms with Gasteiger partial charge in [-0.05, 0) is 79.2 Å². The lowest BCUT2D eigenvalue weighted by Gasteiger charge is -2.44. The van der Waals surface area contributed by atoms with Crippen LogP contribution in [-0.2, 0) is 17.7 Å². The lowest BCUT2D eigenvalue weighted by molar-refractivity contribution is -0.904. The van der Waals surface area contributed by atoms with Gasteiger partial charge in [0.25, 0.3) is 0 Å². The molecule has 3 saturated heterocycles. The van der Waals surface area contributed by atoms with E-state index in [4.69, 9.17) is 37.4 Å². The normalized spacial score (nSPS) is 18.6. The third-order valence-corrected chi connectivity index (χ3v) is 10.3. The van der Waals surface area contributed by atoms with Gasteiger partial charge >= 0.3 is 6.09 Å². The zero-order valence-corrected chi connectivity index (χ0v) is 29.4. The first-order valence-corrected chi connectivity index (χ1v) is 17.0. The minimum atomic E-state index is -1.46. The second-order valence-electron chi connectivity index (χ2n) is 12.7. The number of halogens is 3. The van der Waals surface area contributed by atoms with Crippen molar-refractivity contribution in [1.29, 1.82) is 0 Å². The second-order valence-corrected chi connectivity index (χ2v) is 13.5. The summed E-state index contributed by atoms with van der Waals surface area (Å²) in [5.74, 6) is -2.23. The van der Waals surface area contributed by atoms with Gasteiger partial charge in [-0.1, -0.05) is 47.5 Å².